The molecule has 0 aliphatic heterocycles. The number of nitrogens with two attached hydrogens (primary N) is 1. The van der Waals surface area contributed by atoms with E-state index in [1.807, 2.05) is 0 Å². The highest BCUT2D eigenvalue weighted by atomic mass is 16.2. The number of carbonyl (C=O) groups excluding carboxylic acids is 1. The predicted molar refractivity (Wildman–Crippen MR) is 54.0 cm³/mol. The first kappa shape index (κ1) is 12.0. The number of amides is 1. The molecule has 0 aromatic rings. The van der Waals surface area contributed by atoms with E-state index < -0.39 is 0 Å². The molecule has 0 saturated heterocycles. The Bertz CT molecular complexity index is 203. The average molecular weight is 182 g/mol. The van der Waals surface area contributed by atoms with Crippen molar-refractivity contribution in [3.05, 3.63) is 0 Å². The van der Waals surface area contributed by atoms with Crippen molar-refractivity contribution in [2.45, 2.75) is 39.2 Å². The quantitative estimate of drug-likeness (QED) is 0.613. The van der Waals surface area contributed by atoms with Crippen molar-refractivity contribution in [3.8, 4) is 11.8 Å². The highest BCUT2D eigenvalue weighted by molar-refractivity contribution is 5.81. The Morgan fingerprint density at radius 3 is 2.85 bits per heavy atom. The third-order valence-corrected chi connectivity index (χ3v) is 1.73. The first-order valence-electron chi connectivity index (χ1n) is 4.65. The third-order valence-electron chi connectivity index (χ3n) is 1.73. The first-order chi connectivity index (χ1) is 6.22. The van der Waals surface area contributed by atoms with Gasteiger partial charge in [0.15, 0.2) is 0 Å². The van der Waals surface area contributed by atoms with Crippen molar-refractivity contribution in [3.63, 3.8) is 0 Å². The molecule has 0 spiro atoms. The van der Waals surface area contributed by atoms with Crippen molar-refractivity contribution >= 4 is 5.91 Å². The van der Waals surface area contributed by atoms with E-state index in [1.54, 1.807) is 6.92 Å². The molecule has 0 radical (unpaired) electrons. The van der Waals surface area contributed by atoms with Gasteiger partial charge in [-0.2, -0.15) is 0 Å². The summed E-state index contributed by atoms with van der Waals surface area (Å²) in [6.07, 6.45) is 2.81. The molecule has 0 aliphatic carbocycles. The number of nitrogens with one attached hydrogen (secondary N) is 1. The van der Waals surface area contributed by atoms with E-state index in [1.165, 1.54) is 0 Å². The smallest absolute Gasteiger partial charge is 0.237 e. The number of unbranched alkanes of at least 4 members (excludes halogenated alkanes) is 1. The van der Waals surface area contributed by atoms with Crippen LogP contribution < -0.4 is 11.1 Å². The van der Waals surface area contributed by atoms with Gasteiger partial charge in [-0.15, -0.1) is 5.92 Å². The predicted octanol–water partition coefficient (Wildman–Crippen LogP) is 0.643. The molecule has 3 nitrogen and oxygen atoms in total. The number of rotatable bonds is 5. The summed E-state index contributed by atoms with van der Waals surface area (Å²) in [5, 5.41) is 2.65. The van der Waals surface area contributed by atoms with Gasteiger partial charge in [0.05, 0.1) is 12.6 Å². The molecule has 0 saturated carbocycles. The van der Waals surface area contributed by atoms with Gasteiger partial charge in [-0.1, -0.05) is 25.7 Å². The molecule has 0 heterocycles. The van der Waals surface area contributed by atoms with Gasteiger partial charge in [0.2, 0.25) is 5.91 Å². The summed E-state index contributed by atoms with van der Waals surface area (Å²) in [7, 11) is 0. The second kappa shape index (κ2) is 7.63. The van der Waals surface area contributed by atoms with E-state index in [0.717, 1.165) is 19.3 Å². The lowest BCUT2D eigenvalue weighted by molar-refractivity contribution is -0.122. The molecule has 0 aromatic carbocycles. The van der Waals surface area contributed by atoms with Gasteiger partial charge in [0, 0.05) is 0 Å². The lowest BCUT2D eigenvalue weighted by atomic mass is 10.1. The Morgan fingerprint density at radius 1 is 1.62 bits per heavy atom. The number of hydrogen-bond donors (Lipinski definition) is 2. The summed E-state index contributed by atoms with van der Waals surface area (Å²) < 4.78 is 0. The second-order valence-electron chi connectivity index (χ2n) is 2.89. The van der Waals surface area contributed by atoms with E-state index in [4.69, 9.17) is 5.73 Å². The molecule has 1 unspecified atom stereocenters. The zero-order valence-electron chi connectivity index (χ0n) is 8.39. The summed E-state index contributed by atoms with van der Waals surface area (Å²) in [5.74, 6) is 5.35. The summed E-state index contributed by atoms with van der Waals surface area (Å²) >= 11 is 0. The minimum Gasteiger partial charge on any atom is -0.344 e. The molecule has 0 aromatic heterocycles. The highest BCUT2D eigenvalue weighted by Crippen LogP contribution is 1.97. The fourth-order valence-corrected chi connectivity index (χ4v) is 0.906. The fraction of sp³-hybridized carbons (Fsp3) is 0.700. The van der Waals surface area contributed by atoms with Gasteiger partial charge in [0.1, 0.15) is 0 Å². The maximum absolute atomic E-state index is 11.2. The zero-order chi connectivity index (χ0) is 10.1. The Kier molecular flexibility index (Phi) is 7.04. The topological polar surface area (TPSA) is 55.1 Å². The molecule has 74 valence electrons. The minimum absolute atomic E-state index is 0.101. The van der Waals surface area contributed by atoms with Gasteiger partial charge in [-0.05, 0) is 13.3 Å². The maximum atomic E-state index is 11.2. The summed E-state index contributed by atoms with van der Waals surface area (Å²) in [5.41, 5.74) is 5.63. The van der Waals surface area contributed by atoms with Gasteiger partial charge in [-0.25, -0.2) is 0 Å². The normalized spacial score (nSPS) is 11.3. The number of carbonyl (C=O) groups is 1. The zero-order valence-corrected chi connectivity index (χ0v) is 8.39. The summed E-state index contributed by atoms with van der Waals surface area (Å²) in [4.78, 5) is 11.2. The molecule has 0 aliphatic rings. The largest absolute Gasteiger partial charge is 0.344 e. The standard InChI is InChI=1S/C10H18N2O/c1-3-5-7-9(11)10(13)12-8-6-4-2/h9H,3,5,7-8,11H2,1-2H3,(H,12,13). The van der Waals surface area contributed by atoms with Crippen LogP contribution in [0.2, 0.25) is 0 Å². The number of hydrogen-bond acceptors (Lipinski definition) is 2. The van der Waals surface area contributed by atoms with E-state index in [9.17, 15) is 4.79 Å². The van der Waals surface area contributed by atoms with Crippen molar-refractivity contribution in [1.29, 1.82) is 0 Å². The SMILES string of the molecule is CC#CCNC(=O)C(N)CCCC. The monoisotopic (exact) mass is 182 g/mol. The van der Waals surface area contributed by atoms with Crippen molar-refractivity contribution in [1.82, 2.24) is 5.32 Å². The van der Waals surface area contributed by atoms with E-state index in [0.29, 0.717) is 6.54 Å². The average Bonchev–Trinajstić information content (AvgIpc) is 2.14. The van der Waals surface area contributed by atoms with Crippen LogP contribution in [0.15, 0.2) is 0 Å². The minimum atomic E-state index is -0.376. The van der Waals surface area contributed by atoms with E-state index in [2.05, 4.69) is 24.1 Å². The lowest BCUT2D eigenvalue weighted by Gasteiger charge is -2.09. The van der Waals surface area contributed by atoms with Crippen LogP contribution in [-0.2, 0) is 4.79 Å². The molecular weight excluding hydrogens is 164 g/mol. The van der Waals surface area contributed by atoms with Crippen LogP contribution >= 0.6 is 0 Å². The molecular formula is C10H18N2O. The molecule has 0 fully saturated rings. The van der Waals surface area contributed by atoms with Crippen LogP contribution in [-0.4, -0.2) is 18.5 Å². The fourth-order valence-electron chi connectivity index (χ4n) is 0.906. The van der Waals surface area contributed by atoms with Gasteiger partial charge >= 0.3 is 0 Å². The van der Waals surface area contributed by atoms with Gasteiger partial charge in [0.25, 0.3) is 0 Å². The van der Waals surface area contributed by atoms with Crippen LogP contribution in [0.25, 0.3) is 0 Å². The van der Waals surface area contributed by atoms with E-state index >= 15 is 0 Å². The van der Waals surface area contributed by atoms with Crippen molar-refractivity contribution < 1.29 is 4.79 Å². The second-order valence-corrected chi connectivity index (χ2v) is 2.89. The van der Waals surface area contributed by atoms with Crippen LogP contribution in [0, 0.1) is 11.8 Å². The molecule has 3 heteroatoms. The van der Waals surface area contributed by atoms with Gasteiger partial charge < -0.3 is 11.1 Å². The highest BCUT2D eigenvalue weighted by Gasteiger charge is 2.10. The van der Waals surface area contributed by atoms with E-state index in [-0.39, 0.29) is 11.9 Å². The maximum Gasteiger partial charge on any atom is 0.237 e. The van der Waals surface area contributed by atoms with Crippen LogP contribution in [0.1, 0.15) is 33.1 Å². The Balaban J connectivity index is 3.60. The van der Waals surface area contributed by atoms with Crippen LogP contribution in [0.5, 0.6) is 0 Å². The van der Waals surface area contributed by atoms with Crippen LogP contribution in [0.4, 0.5) is 0 Å². The molecule has 1 amide bonds. The van der Waals surface area contributed by atoms with Crippen LogP contribution in [0.3, 0.4) is 0 Å². The molecule has 3 N–H and O–H groups in total. The first-order valence-corrected chi connectivity index (χ1v) is 4.65. The summed E-state index contributed by atoms with van der Waals surface area (Å²) in [6, 6.07) is -0.376. The van der Waals surface area contributed by atoms with Crippen molar-refractivity contribution in [2.24, 2.45) is 5.73 Å². The summed E-state index contributed by atoms with van der Waals surface area (Å²) in [6.45, 7) is 4.21. The molecule has 1 atom stereocenters. The Labute approximate surface area is 80.1 Å². The van der Waals surface area contributed by atoms with Gasteiger partial charge in [-0.3, -0.25) is 4.79 Å². The Hall–Kier alpha value is -1.01. The Morgan fingerprint density at radius 2 is 2.31 bits per heavy atom. The molecule has 0 bridgehead atoms. The molecule has 13 heavy (non-hydrogen) atoms. The van der Waals surface area contributed by atoms with Crippen molar-refractivity contribution in [2.75, 3.05) is 6.54 Å². The third kappa shape index (κ3) is 6.18. The lowest BCUT2D eigenvalue weighted by Crippen LogP contribution is -2.40. The molecule has 0 rings (SSSR count).